The summed E-state index contributed by atoms with van der Waals surface area (Å²) in [5.41, 5.74) is 6.78. The molecular formula is C41H63N7O13. The molecule has 0 saturated carbocycles. The van der Waals surface area contributed by atoms with Crippen molar-refractivity contribution in [2.75, 3.05) is 71.3 Å². The average Bonchev–Trinajstić information content (AvgIpc) is 3.52. The van der Waals surface area contributed by atoms with Gasteiger partial charge in [-0.15, -0.1) is 0 Å². The number of hydrogen-bond acceptors (Lipinski definition) is 12. The van der Waals surface area contributed by atoms with E-state index < -0.39 is 66.1 Å². The average molecular weight is 862 g/mol. The maximum absolute atomic E-state index is 13.7. The lowest BCUT2D eigenvalue weighted by atomic mass is 10.0. The van der Waals surface area contributed by atoms with Gasteiger partial charge in [0.1, 0.15) is 18.1 Å². The Morgan fingerprint density at radius 1 is 0.689 bits per heavy atom. The van der Waals surface area contributed by atoms with Gasteiger partial charge in [-0.05, 0) is 55.2 Å². The van der Waals surface area contributed by atoms with E-state index in [2.05, 4.69) is 40.4 Å². The molecule has 8 amide bonds. The fourth-order valence-corrected chi connectivity index (χ4v) is 5.80. The number of carboxylic acid groups (broad SMARTS) is 1. The molecule has 61 heavy (non-hydrogen) atoms. The largest absolute Gasteiger partial charge is 0.481 e. The SMILES string of the molecule is CC(C)Cc1ccc(NC(=O)[C@H](CCCNC(N)=O)NC(=O)[C@@H](NC(=O)[C@H](CCC(=O)O)NC(=O)CCOCCOCCOCCOCCN2C(=O)C=CC2=O)C(C)C)cc1. The third-order valence-electron chi connectivity index (χ3n) is 8.96. The van der Waals surface area contributed by atoms with Crippen molar-refractivity contribution in [1.82, 2.24) is 26.2 Å². The number of amides is 8. The molecule has 8 N–H and O–H groups in total. The quantitative estimate of drug-likeness (QED) is 0.0387. The highest BCUT2D eigenvalue weighted by molar-refractivity contribution is 6.12. The first-order chi connectivity index (χ1) is 29.1. The Hall–Kier alpha value is -5.44. The number of urea groups is 1. The minimum absolute atomic E-state index is 0.0154. The fourth-order valence-electron chi connectivity index (χ4n) is 5.80. The number of nitrogens with one attached hydrogen (secondary N) is 5. The number of carbonyl (C=O) groups excluding carboxylic acids is 7. The number of carbonyl (C=O) groups is 8. The second-order valence-electron chi connectivity index (χ2n) is 14.9. The number of hydrogen-bond donors (Lipinski definition) is 7. The molecule has 0 aromatic heterocycles. The van der Waals surface area contributed by atoms with Crippen LogP contribution in [0.15, 0.2) is 36.4 Å². The molecule has 0 bridgehead atoms. The van der Waals surface area contributed by atoms with E-state index in [-0.39, 0.29) is 96.8 Å². The van der Waals surface area contributed by atoms with E-state index in [9.17, 15) is 43.5 Å². The van der Waals surface area contributed by atoms with Crippen molar-refractivity contribution in [2.24, 2.45) is 17.6 Å². The molecule has 0 spiro atoms. The van der Waals surface area contributed by atoms with Gasteiger partial charge in [-0.2, -0.15) is 0 Å². The van der Waals surface area contributed by atoms with Crippen LogP contribution in [0.3, 0.4) is 0 Å². The van der Waals surface area contributed by atoms with Crippen molar-refractivity contribution >= 4 is 53.1 Å². The number of carboxylic acids is 1. The molecule has 1 heterocycles. The minimum Gasteiger partial charge on any atom is -0.481 e. The molecule has 2 rings (SSSR count). The molecule has 0 radical (unpaired) electrons. The molecule has 3 atom stereocenters. The molecule has 0 unspecified atom stereocenters. The Balaban J connectivity index is 1.82. The lowest BCUT2D eigenvalue weighted by Crippen LogP contribution is -2.58. The summed E-state index contributed by atoms with van der Waals surface area (Å²) in [5, 5.41) is 22.4. The molecule has 1 aliphatic heterocycles. The van der Waals surface area contributed by atoms with E-state index in [1.165, 1.54) is 12.2 Å². The molecule has 20 nitrogen and oxygen atoms in total. The lowest BCUT2D eigenvalue weighted by Gasteiger charge is -2.27. The summed E-state index contributed by atoms with van der Waals surface area (Å²) in [5.74, 6) is -4.52. The van der Waals surface area contributed by atoms with Gasteiger partial charge in [0.25, 0.3) is 11.8 Å². The zero-order valence-corrected chi connectivity index (χ0v) is 35.5. The van der Waals surface area contributed by atoms with Crippen LogP contribution in [0.5, 0.6) is 0 Å². The highest BCUT2D eigenvalue weighted by Gasteiger charge is 2.32. The molecule has 0 aliphatic carbocycles. The number of aliphatic carboxylic acids is 1. The monoisotopic (exact) mass is 861 g/mol. The summed E-state index contributed by atoms with van der Waals surface area (Å²) in [6.45, 7) is 9.56. The van der Waals surface area contributed by atoms with Crippen molar-refractivity contribution in [1.29, 1.82) is 0 Å². The molecule has 340 valence electrons. The van der Waals surface area contributed by atoms with Crippen LogP contribution in [0.4, 0.5) is 10.5 Å². The van der Waals surface area contributed by atoms with Gasteiger partial charge in [-0.3, -0.25) is 38.5 Å². The zero-order chi connectivity index (χ0) is 45.2. The van der Waals surface area contributed by atoms with Crippen LogP contribution in [0.1, 0.15) is 65.4 Å². The number of nitrogens with zero attached hydrogens (tertiary/aromatic N) is 1. The van der Waals surface area contributed by atoms with Crippen LogP contribution < -0.4 is 32.3 Å². The molecule has 1 aliphatic rings. The van der Waals surface area contributed by atoms with Gasteiger partial charge in [-0.1, -0.05) is 39.8 Å². The van der Waals surface area contributed by atoms with Crippen LogP contribution >= 0.6 is 0 Å². The highest BCUT2D eigenvalue weighted by Crippen LogP contribution is 2.15. The number of rotatable bonds is 32. The maximum Gasteiger partial charge on any atom is 0.312 e. The third kappa shape index (κ3) is 22.1. The van der Waals surface area contributed by atoms with E-state index >= 15 is 0 Å². The van der Waals surface area contributed by atoms with E-state index in [0.29, 0.717) is 18.2 Å². The predicted octanol–water partition coefficient (Wildman–Crippen LogP) is 0.629. The van der Waals surface area contributed by atoms with Crippen molar-refractivity contribution in [3.63, 3.8) is 0 Å². The molecule has 1 aromatic carbocycles. The molecule has 1 aromatic rings. The van der Waals surface area contributed by atoms with Gasteiger partial charge in [0, 0.05) is 37.2 Å². The third-order valence-corrected chi connectivity index (χ3v) is 8.96. The molecule has 20 heteroatoms. The van der Waals surface area contributed by atoms with Gasteiger partial charge < -0.3 is 56.4 Å². The van der Waals surface area contributed by atoms with E-state index in [4.69, 9.17) is 24.7 Å². The van der Waals surface area contributed by atoms with E-state index in [1.54, 1.807) is 26.0 Å². The summed E-state index contributed by atoms with van der Waals surface area (Å²) >= 11 is 0. The number of ether oxygens (including phenoxy) is 4. The normalized spacial score (nSPS) is 13.8. The molecule has 0 fully saturated rings. The summed E-state index contributed by atoms with van der Waals surface area (Å²) in [6.07, 6.45) is 2.85. The number of benzene rings is 1. The smallest absolute Gasteiger partial charge is 0.312 e. The first-order valence-corrected chi connectivity index (χ1v) is 20.5. The van der Waals surface area contributed by atoms with Gasteiger partial charge >= 0.3 is 12.0 Å². The van der Waals surface area contributed by atoms with Crippen LogP contribution in [0.2, 0.25) is 0 Å². The standard InChI is InChI=1S/C41H63N7O13/c1-27(2)26-29-7-9-30(10-8-29)44-38(54)31(6-5-16-43-41(42)57)46-40(56)37(28(3)4)47-39(55)32(11-14-36(52)53)45-33(49)15-18-58-20-22-60-24-25-61-23-21-59-19-17-48-34(50)12-13-35(48)51/h7-10,12-13,27-28,31-32,37H,5-6,11,14-26H2,1-4H3,(H,44,54)(H,45,49)(H,46,56)(H,47,55)(H,52,53)(H3,42,43,57)/t31-,32-,37-/m0/s1. The summed E-state index contributed by atoms with van der Waals surface area (Å²) in [4.78, 5) is 100. The maximum atomic E-state index is 13.7. The summed E-state index contributed by atoms with van der Waals surface area (Å²) in [7, 11) is 0. The fraction of sp³-hybridized carbons (Fsp3) is 0.610. The minimum atomic E-state index is -1.29. The predicted molar refractivity (Wildman–Crippen MR) is 222 cm³/mol. The van der Waals surface area contributed by atoms with Gasteiger partial charge in [0.2, 0.25) is 23.6 Å². The number of primary amides is 1. The van der Waals surface area contributed by atoms with Crippen LogP contribution in [-0.2, 0) is 58.9 Å². The lowest BCUT2D eigenvalue weighted by molar-refractivity contribution is -0.139. The van der Waals surface area contributed by atoms with Gasteiger partial charge in [0.15, 0.2) is 0 Å². The van der Waals surface area contributed by atoms with Crippen LogP contribution in [0, 0.1) is 11.8 Å². The molecular weight excluding hydrogens is 798 g/mol. The summed E-state index contributed by atoms with van der Waals surface area (Å²) < 4.78 is 21.6. The second kappa shape index (κ2) is 28.9. The Kier molecular flexibility index (Phi) is 24.5. The highest BCUT2D eigenvalue weighted by atomic mass is 16.6. The van der Waals surface area contributed by atoms with Gasteiger partial charge in [-0.25, -0.2) is 4.79 Å². The topological polar surface area (TPSA) is 283 Å². The Labute approximate surface area is 356 Å². The van der Waals surface area contributed by atoms with Crippen LogP contribution in [0.25, 0.3) is 0 Å². The Bertz CT molecular complexity index is 1600. The Morgan fingerprint density at radius 3 is 1.79 bits per heavy atom. The van der Waals surface area contributed by atoms with Crippen molar-refractivity contribution in [3.8, 4) is 0 Å². The van der Waals surface area contributed by atoms with Crippen LogP contribution in [-0.4, -0.2) is 142 Å². The molecule has 0 saturated heterocycles. The van der Waals surface area contributed by atoms with Gasteiger partial charge in [0.05, 0.1) is 59.4 Å². The van der Waals surface area contributed by atoms with E-state index in [0.717, 1.165) is 16.9 Å². The van der Waals surface area contributed by atoms with Crippen molar-refractivity contribution in [2.45, 2.75) is 84.3 Å². The Morgan fingerprint density at radius 2 is 1.25 bits per heavy atom. The summed E-state index contributed by atoms with van der Waals surface area (Å²) in [6, 6.07) is 3.08. The number of nitrogens with two attached hydrogens (primary N) is 1. The van der Waals surface area contributed by atoms with Crippen molar-refractivity contribution < 1.29 is 62.4 Å². The first kappa shape index (κ1) is 51.7. The number of anilines is 1. The van der Waals surface area contributed by atoms with Crippen molar-refractivity contribution in [3.05, 3.63) is 42.0 Å². The first-order valence-electron chi connectivity index (χ1n) is 20.5. The number of imide groups is 1. The second-order valence-corrected chi connectivity index (χ2v) is 14.9. The van der Waals surface area contributed by atoms with E-state index in [1.807, 2.05) is 12.1 Å². The zero-order valence-electron chi connectivity index (χ0n) is 35.5.